The third kappa shape index (κ3) is 4.03. The first-order valence-corrected chi connectivity index (χ1v) is 6.22. The lowest BCUT2D eigenvalue weighted by molar-refractivity contribution is 0.112. The van der Waals surface area contributed by atoms with Crippen molar-refractivity contribution < 1.29 is 24.1 Å². The van der Waals surface area contributed by atoms with Crippen LogP contribution in [0, 0.1) is 12.7 Å². The number of aromatic hydroxyl groups is 1. The molecule has 21 heavy (non-hydrogen) atoms. The van der Waals surface area contributed by atoms with Crippen molar-refractivity contribution in [3.8, 4) is 11.5 Å². The maximum absolute atomic E-state index is 13.5. The van der Waals surface area contributed by atoms with Crippen molar-refractivity contribution in [2.75, 3.05) is 7.11 Å². The number of hydrogen-bond donors (Lipinski definition) is 2. The SMILES string of the molecule is CO.Cc1c(OCc2ccccc2C=O)ccc(O)c1F. The van der Waals surface area contributed by atoms with Crippen molar-refractivity contribution in [1.82, 2.24) is 0 Å². The zero-order valence-corrected chi connectivity index (χ0v) is 11.8. The smallest absolute Gasteiger partial charge is 0.171 e. The minimum absolute atomic E-state index is 0.167. The Bertz CT molecular complexity index is 611. The average molecular weight is 292 g/mol. The summed E-state index contributed by atoms with van der Waals surface area (Å²) in [6, 6.07) is 9.76. The molecular formula is C16H17FO4. The number of aliphatic hydroxyl groups is 1. The molecule has 2 rings (SSSR count). The van der Waals surface area contributed by atoms with E-state index >= 15 is 0 Å². The predicted octanol–water partition coefficient (Wildman–Crippen LogP) is 2.84. The molecule has 0 fully saturated rings. The largest absolute Gasteiger partial charge is 0.505 e. The monoisotopic (exact) mass is 292 g/mol. The number of carbonyl (C=O) groups excluding carboxylic acids is 1. The van der Waals surface area contributed by atoms with Crippen molar-refractivity contribution in [3.63, 3.8) is 0 Å². The lowest BCUT2D eigenvalue weighted by Gasteiger charge is -2.11. The molecule has 0 aliphatic carbocycles. The van der Waals surface area contributed by atoms with E-state index in [0.29, 0.717) is 11.3 Å². The Hall–Kier alpha value is -2.40. The molecule has 0 aliphatic heterocycles. The molecule has 0 saturated heterocycles. The minimum Gasteiger partial charge on any atom is -0.505 e. The van der Waals surface area contributed by atoms with Gasteiger partial charge in [0.05, 0.1) is 0 Å². The highest BCUT2D eigenvalue weighted by molar-refractivity contribution is 5.77. The fourth-order valence-electron chi connectivity index (χ4n) is 1.75. The molecule has 4 nitrogen and oxygen atoms in total. The van der Waals surface area contributed by atoms with Crippen LogP contribution in [0.15, 0.2) is 36.4 Å². The first-order valence-electron chi connectivity index (χ1n) is 6.22. The van der Waals surface area contributed by atoms with Gasteiger partial charge in [0.15, 0.2) is 11.6 Å². The zero-order valence-electron chi connectivity index (χ0n) is 11.8. The summed E-state index contributed by atoms with van der Waals surface area (Å²) in [6.45, 7) is 1.69. The fraction of sp³-hybridized carbons (Fsp3) is 0.188. The average Bonchev–Trinajstić information content (AvgIpc) is 2.54. The van der Waals surface area contributed by atoms with Crippen molar-refractivity contribution in [3.05, 3.63) is 58.9 Å². The van der Waals surface area contributed by atoms with Gasteiger partial charge in [0.1, 0.15) is 18.6 Å². The summed E-state index contributed by atoms with van der Waals surface area (Å²) in [5, 5.41) is 16.2. The number of ether oxygens (including phenoxy) is 1. The molecule has 112 valence electrons. The van der Waals surface area contributed by atoms with Gasteiger partial charge >= 0.3 is 0 Å². The van der Waals surface area contributed by atoms with Crippen molar-refractivity contribution >= 4 is 6.29 Å². The van der Waals surface area contributed by atoms with Gasteiger partial charge in [-0.25, -0.2) is 4.39 Å². The van der Waals surface area contributed by atoms with E-state index in [-0.39, 0.29) is 12.2 Å². The van der Waals surface area contributed by atoms with Gasteiger partial charge in [0.2, 0.25) is 0 Å². The molecule has 0 radical (unpaired) electrons. The summed E-state index contributed by atoms with van der Waals surface area (Å²) in [4.78, 5) is 10.9. The number of halogens is 1. The highest BCUT2D eigenvalue weighted by atomic mass is 19.1. The first kappa shape index (κ1) is 16.7. The second kappa shape index (κ2) is 8.01. The van der Waals surface area contributed by atoms with Crippen LogP contribution >= 0.6 is 0 Å². The number of aldehydes is 1. The number of rotatable bonds is 4. The number of phenolic OH excluding ortho intramolecular Hbond substituents is 1. The van der Waals surface area contributed by atoms with Crippen LogP contribution in [0.1, 0.15) is 21.5 Å². The van der Waals surface area contributed by atoms with Crippen LogP contribution in [0.5, 0.6) is 11.5 Å². The van der Waals surface area contributed by atoms with E-state index in [0.717, 1.165) is 19.0 Å². The van der Waals surface area contributed by atoms with Gasteiger partial charge in [-0.3, -0.25) is 4.79 Å². The summed E-state index contributed by atoms with van der Waals surface area (Å²) in [5.74, 6) is -0.754. The van der Waals surface area contributed by atoms with E-state index in [1.807, 2.05) is 0 Å². The molecule has 0 amide bonds. The van der Waals surface area contributed by atoms with Crippen molar-refractivity contribution in [1.29, 1.82) is 0 Å². The van der Waals surface area contributed by atoms with Gasteiger partial charge in [0, 0.05) is 18.2 Å². The Labute approximate surface area is 122 Å². The lowest BCUT2D eigenvalue weighted by Crippen LogP contribution is -2.01. The van der Waals surface area contributed by atoms with E-state index in [9.17, 15) is 14.3 Å². The van der Waals surface area contributed by atoms with Crippen LogP contribution in [-0.2, 0) is 6.61 Å². The second-order valence-corrected chi connectivity index (χ2v) is 4.13. The van der Waals surface area contributed by atoms with Gasteiger partial charge in [-0.2, -0.15) is 0 Å². The van der Waals surface area contributed by atoms with Crippen LogP contribution < -0.4 is 4.74 Å². The molecule has 0 unspecified atom stereocenters. The maximum atomic E-state index is 13.5. The predicted molar refractivity (Wildman–Crippen MR) is 77.1 cm³/mol. The Morgan fingerprint density at radius 1 is 1.19 bits per heavy atom. The van der Waals surface area contributed by atoms with Crippen LogP contribution in [0.4, 0.5) is 4.39 Å². The lowest BCUT2D eigenvalue weighted by atomic mass is 10.1. The zero-order chi connectivity index (χ0) is 15.8. The highest BCUT2D eigenvalue weighted by Gasteiger charge is 2.10. The molecule has 2 aromatic rings. The third-order valence-corrected chi connectivity index (χ3v) is 2.88. The molecule has 0 spiro atoms. The van der Waals surface area contributed by atoms with Crippen molar-refractivity contribution in [2.45, 2.75) is 13.5 Å². The second-order valence-electron chi connectivity index (χ2n) is 4.13. The summed E-state index contributed by atoms with van der Waals surface area (Å²) >= 11 is 0. The molecule has 0 aliphatic rings. The summed E-state index contributed by atoms with van der Waals surface area (Å²) in [7, 11) is 1.00. The number of phenols is 1. The molecule has 0 saturated carbocycles. The normalized spacial score (nSPS) is 9.52. The molecule has 0 bridgehead atoms. The molecule has 0 heterocycles. The summed E-state index contributed by atoms with van der Waals surface area (Å²) in [6.07, 6.45) is 0.753. The van der Waals surface area contributed by atoms with Gasteiger partial charge in [-0.05, 0) is 24.6 Å². The first-order chi connectivity index (χ1) is 10.1. The van der Waals surface area contributed by atoms with E-state index in [4.69, 9.17) is 9.84 Å². The maximum Gasteiger partial charge on any atom is 0.171 e. The molecule has 2 aromatic carbocycles. The van der Waals surface area contributed by atoms with E-state index < -0.39 is 11.6 Å². The standard InChI is InChI=1S/C15H13FO3.CH4O/c1-10-14(7-6-13(18)15(10)16)19-9-12-5-3-2-4-11(12)8-17;1-2/h2-8,18H,9H2,1H3;2H,1H3. The third-order valence-electron chi connectivity index (χ3n) is 2.88. The summed E-state index contributed by atoms with van der Waals surface area (Å²) in [5.41, 5.74) is 1.51. The highest BCUT2D eigenvalue weighted by Crippen LogP contribution is 2.28. The Balaban J connectivity index is 0.00000106. The Morgan fingerprint density at radius 2 is 1.86 bits per heavy atom. The number of carbonyl (C=O) groups is 1. The van der Waals surface area contributed by atoms with E-state index in [1.165, 1.54) is 19.1 Å². The molecule has 0 aromatic heterocycles. The van der Waals surface area contributed by atoms with Gasteiger partial charge in [-0.15, -0.1) is 0 Å². The Kier molecular flexibility index (Phi) is 6.36. The molecule has 0 atom stereocenters. The van der Waals surface area contributed by atoms with Crippen LogP contribution in [0.2, 0.25) is 0 Å². The van der Waals surface area contributed by atoms with Crippen LogP contribution in [0.25, 0.3) is 0 Å². The molecular weight excluding hydrogens is 275 g/mol. The van der Waals surface area contributed by atoms with Crippen LogP contribution in [-0.4, -0.2) is 23.6 Å². The van der Waals surface area contributed by atoms with Gasteiger partial charge < -0.3 is 14.9 Å². The fourth-order valence-corrected chi connectivity index (χ4v) is 1.75. The number of hydrogen-bond acceptors (Lipinski definition) is 4. The number of aliphatic hydroxyl groups excluding tert-OH is 1. The van der Waals surface area contributed by atoms with Gasteiger partial charge in [-0.1, -0.05) is 24.3 Å². The van der Waals surface area contributed by atoms with Crippen LogP contribution in [0.3, 0.4) is 0 Å². The topological polar surface area (TPSA) is 66.8 Å². The molecule has 2 N–H and O–H groups in total. The van der Waals surface area contributed by atoms with Gasteiger partial charge in [0.25, 0.3) is 0 Å². The molecule has 5 heteroatoms. The van der Waals surface area contributed by atoms with Crippen molar-refractivity contribution in [2.24, 2.45) is 0 Å². The summed E-state index contributed by atoms with van der Waals surface area (Å²) < 4.78 is 19.0. The van der Waals surface area contributed by atoms with E-state index in [2.05, 4.69) is 0 Å². The quantitative estimate of drug-likeness (QED) is 0.850. The van der Waals surface area contributed by atoms with E-state index in [1.54, 1.807) is 24.3 Å². The Morgan fingerprint density at radius 3 is 2.52 bits per heavy atom. The number of benzene rings is 2. The minimum atomic E-state index is -0.693.